The fourth-order valence-corrected chi connectivity index (χ4v) is 9.01. The maximum absolute atomic E-state index is 15.3. The normalized spacial score (nSPS) is 25.9. The molecule has 2 N–H and O–H groups in total. The van der Waals surface area contributed by atoms with Crippen LogP contribution in [0.4, 0.5) is 16.0 Å². The summed E-state index contributed by atoms with van der Waals surface area (Å²) in [6.07, 6.45) is 9.86. The van der Waals surface area contributed by atoms with Crippen LogP contribution in [0.2, 0.25) is 0 Å². The van der Waals surface area contributed by atoms with Gasteiger partial charge >= 0.3 is 0 Å². The molecule has 0 amide bonds. The number of nitrogens with zero attached hydrogens (tertiary/aromatic N) is 5. The quantitative estimate of drug-likeness (QED) is 0.375. The van der Waals surface area contributed by atoms with E-state index in [9.17, 15) is 13.2 Å². The molecule has 1 aromatic carbocycles. The van der Waals surface area contributed by atoms with Crippen LogP contribution in [0.3, 0.4) is 0 Å². The molecule has 2 aromatic heterocycles. The smallest absolute Gasteiger partial charge is 0.278 e. The third kappa shape index (κ3) is 5.16. The summed E-state index contributed by atoms with van der Waals surface area (Å²) in [7, 11) is 0.490. The minimum Gasteiger partial charge on any atom is -0.351 e. The van der Waals surface area contributed by atoms with E-state index in [1.807, 2.05) is 13.8 Å². The Morgan fingerprint density at radius 3 is 2.52 bits per heavy atom. The molecule has 6 rings (SSSR count). The van der Waals surface area contributed by atoms with E-state index >= 15 is 4.39 Å². The number of benzene rings is 1. The second-order valence-corrected chi connectivity index (χ2v) is 14.8. The maximum atomic E-state index is 15.3. The number of fused-ring (bicyclic) bond motifs is 2. The van der Waals surface area contributed by atoms with E-state index in [4.69, 9.17) is 0 Å². The lowest BCUT2D eigenvalue weighted by Crippen LogP contribution is -2.36. The first kappa shape index (κ1) is 29.0. The van der Waals surface area contributed by atoms with Crippen molar-refractivity contribution in [2.45, 2.75) is 94.5 Å². The monoisotopic (exact) mass is 597 g/mol. The van der Waals surface area contributed by atoms with Crippen molar-refractivity contribution >= 4 is 32.8 Å². The summed E-state index contributed by atoms with van der Waals surface area (Å²) in [5, 5.41) is 3.44. The van der Waals surface area contributed by atoms with Crippen molar-refractivity contribution < 1.29 is 12.8 Å². The van der Waals surface area contributed by atoms with Crippen molar-refractivity contribution in [1.29, 1.82) is 0 Å². The molecule has 0 radical (unpaired) electrons. The molecular weight excluding hydrogens is 557 g/mol. The lowest BCUT2D eigenvalue weighted by molar-refractivity contribution is 0.221. The Labute approximate surface area is 246 Å². The molecule has 0 saturated heterocycles. The Morgan fingerprint density at radius 2 is 1.86 bits per heavy atom. The Kier molecular flexibility index (Phi) is 7.49. The Bertz CT molecular complexity index is 1670. The number of hydrogen-bond acceptors (Lipinski definition) is 8. The van der Waals surface area contributed by atoms with Crippen molar-refractivity contribution in [3.8, 4) is 11.3 Å². The zero-order chi connectivity index (χ0) is 29.8. The van der Waals surface area contributed by atoms with E-state index in [-0.39, 0.29) is 34.9 Å². The van der Waals surface area contributed by atoms with Crippen molar-refractivity contribution in [3.05, 3.63) is 40.6 Å². The van der Waals surface area contributed by atoms with E-state index < -0.39 is 26.1 Å². The number of nitrogens with one attached hydrogen (secondary N) is 2. The number of anilines is 2. The lowest BCUT2D eigenvalue weighted by atomic mass is 9.91. The van der Waals surface area contributed by atoms with Gasteiger partial charge in [-0.15, -0.1) is 0 Å². The summed E-state index contributed by atoms with van der Waals surface area (Å²) < 4.78 is 45.0. The van der Waals surface area contributed by atoms with Crippen LogP contribution in [0.1, 0.15) is 77.7 Å². The van der Waals surface area contributed by atoms with Gasteiger partial charge in [0.05, 0.1) is 16.6 Å². The standard InChI is InChI=1S/C30H40FN7O3S/c1-18(2)38-27-25(17-32-29(35-27)33-21-9-11-22(12-10-21)37(3)4)34-26(28(38)39)19-8-13-24(23(31)15-19)36-42(40,41)30-14-6-5-7-20(30)16-30/h8,13,15,17-18,20-22,36H,5-7,9-12,14,16H2,1-4H3,(H,32,33,35)/t20?,21-,22-,30?. The Morgan fingerprint density at radius 1 is 1.10 bits per heavy atom. The molecule has 3 aromatic rings. The molecule has 2 atom stereocenters. The van der Waals surface area contributed by atoms with E-state index in [0.29, 0.717) is 36.0 Å². The van der Waals surface area contributed by atoms with Crippen LogP contribution in [-0.2, 0) is 10.0 Å². The van der Waals surface area contributed by atoms with Crippen LogP contribution < -0.4 is 15.6 Å². The Balaban J connectivity index is 1.27. The first-order chi connectivity index (χ1) is 20.0. The third-order valence-corrected chi connectivity index (χ3v) is 11.8. The molecule has 3 aliphatic carbocycles. The molecule has 2 heterocycles. The highest BCUT2D eigenvalue weighted by atomic mass is 32.2. The average Bonchev–Trinajstić information content (AvgIpc) is 3.71. The second kappa shape index (κ2) is 10.9. The minimum absolute atomic E-state index is 0.0592. The van der Waals surface area contributed by atoms with E-state index in [2.05, 4.69) is 44.0 Å². The molecule has 10 nitrogen and oxygen atoms in total. The maximum Gasteiger partial charge on any atom is 0.278 e. The highest BCUT2D eigenvalue weighted by Crippen LogP contribution is 2.59. The predicted molar refractivity (Wildman–Crippen MR) is 163 cm³/mol. The van der Waals surface area contributed by atoms with Crippen LogP contribution in [0.15, 0.2) is 29.2 Å². The molecule has 3 aliphatic rings. The van der Waals surface area contributed by atoms with Gasteiger partial charge < -0.3 is 10.2 Å². The van der Waals surface area contributed by atoms with E-state index in [0.717, 1.165) is 44.9 Å². The highest BCUT2D eigenvalue weighted by molar-refractivity contribution is 7.94. The van der Waals surface area contributed by atoms with Gasteiger partial charge in [0.2, 0.25) is 16.0 Å². The molecule has 12 heteroatoms. The van der Waals surface area contributed by atoms with Gasteiger partial charge in [-0.25, -0.2) is 22.8 Å². The summed E-state index contributed by atoms with van der Waals surface area (Å²) in [4.78, 5) is 29.7. The van der Waals surface area contributed by atoms with Crippen molar-refractivity contribution in [2.75, 3.05) is 24.1 Å². The third-order valence-electron chi connectivity index (χ3n) is 9.51. The van der Waals surface area contributed by atoms with Gasteiger partial charge in [-0.1, -0.05) is 18.9 Å². The molecule has 2 unspecified atom stereocenters. The molecule has 226 valence electrons. The van der Waals surface area contributed by atoms with Gasteiger partial charge in [-0.2, -0.15) is 4.98 Å². The first-order valence-electron chi connectivity index (χ1n) is 15.0. The van der Waals surface area contributed by atoms with Gasteiger partial charge in [0, 0.05) is 23.7 Å². The van der Waals surface area contributed by atoms with Gasteiger partial charge in [-0.3, -0.25) is 14.1 Å². The largest absolute Gasteiger partial charge is 0.351 e. The number of rotatable bonds is 8. The molecule has 42 heavy (non-hydrogen) atoms. The molecule has 3 fully saturated rings. The summed E-state index contributed by atoms with van der Waals surface area (Å²) in [6.45, 7) is 3.77. The van der Waals surface area contributed by atoms with E-state index in [1.54, 1.807) is 10.8 Å². The molecule has 0 aliphatic heterocycles. The van der Waals surface area contributed by atoms with E-state index in [1.165, 1.54) is 18.2 Å². The second-order valence-electron chi connectivity index (χ2n) is 12.8. The number of halogens is 1. The number of hydrogen-bond donors (Lipinski definition) is 2. The fourth-order valence-electron chi connectivity index (χ4n) is 6.96. The summed E-state index contributed by atoms with van der Waals surface area (Å²) in [6, 6.07) is 4.67. The summed E-state index contributed by atoms with van der Waals surface area (Å²) in [5.41, 5.74) is 0.632. The SMILES string of the molecule is CC(C)n1c(=O)c(-c2ccc(NS(=O)(=O)C34CCCCC3C4)c(F)c2)nc2cnc(N[C@H]3CC[C@H](N(C)C)CC3)nc21. The van der Waals surface area contributed by atoms with Crippen molar-refractivity contribution in [1.82, 2.24) is 24.4 Å². The highest BCUT2D eigenvalue weighted by Gasteiger charge is 2.64. The molecule has 3 saturated carbocycles. The summed E-state index contributed by atoms with van der Waals surface area (Å²) in [5.74, 6) is -0.145. The molecule has 0 spiro atoms. The van der Waals surface area contributed by atoms with Gasteiger partial charge in [0.1, 0.15) is 17.0 Å². The summed E-state index contributed by atoms with van der Waals surface area (Å²) >= 11 is 0. The number of aromatic nitrogens is 4. The van der Waals surface area contributed by atoms with Crippen molar-refractivity contribution in [3.63, 3.8) is 0 Å². The van der Waals surface area contributed by atoms with Crippen LogP contribution in [-0.4, -0.2) is 63.8 Å². The number of sulfonamides is 1. The Hall–Kier alpha value is -3.12. The minimum atomic E-state index is -3.73. The zero-order valence-electron chi connectivity index (χ0n) is 24.7. The topological polar surface area (TPSA) is 122 Å². The van der Waals surface area contributed by atoms with Crippen molar-refractivity contribution in [2.24, 2.45) is 5.92 Å². The van der Waals surface area contributed by atoms with Gasteiger partial charge in [-0.05, 0) is 90.9 Å². The lowest BCUT2D eigenvalue weighted by Gasteiger charge is -2.32. The first-order valence-corrected chi connectivity index (χ1v) is 16.5. The predicted octanol–water partition coefficient (Wildman–Crippen LogP) is 4.93. The molecular formula is C30H40FN7O3S. The zero-order valence-corrected chi connectivity index (χ0v) is 25.5. The van der Waals surface area contributed by atoms with Gasteiger partial charge in [0.25, 0.3) is 5.56 Å². The molecule has 0 bridgehead atoms. The van der Waals surface area contributed by atoms with Gasteiger partial charge in [0.15, 0.2) is 5.65 Å². The fraction of sp³-hybridized carbons (Fsp3) is 0.600. The average molecular weight is 598 g/mol. The van der Waals surface area contributed by atoms with Crippen LogP contribution in [0.5, 0.6) is 0 Å². The van der Waals surface area contributed by atoms with Crippen LogP contribution >= 0.6 is 0 Å². The van der Waals surface area contributed by atoms with Crippen LogP contribution in [0.25, 0.3) is 22.4 Å². The van der Waals surface area contributed by atoms with Crippen LogP contribution in [0, 0.1) is 11.7 Å².